The molecule has 7 heteroatoms. The molecule has 2 aromatic rings. The Labute approximate surface area is 191 Å². The number of nitrogens with zero attached hydrogens (tertiary/aromatic N) is 2. The van der Waals surface area contributed by atoms with Crippen LogP contribution < -0.4 is 4.90 Å². The van der Waals surface area contributed by atoms with Gasteiger partial charge in [-0.15, -0.1) is 0 Å². The summed E-state index contributed by atoms with van der Waals surface area (Å²) >= 11 is 0. The molecule has 1 atom stereocenters. The maximum Gasteiger partial charge on any atom is 0.243 e. The molecular formula is C25H34N2O4S. The first-order valence-corrected chi connectivity index (χ1v) is 12.9. The van der Waals surface area contributed by atoms with E-state index in [1.807, 2.05) is 30.3 Å². The lowest BCUT2D eigenvalue weighted by Gasteiger charge is -2.44. The fourth-order valence-electron chi connectivity index (χ4n) is 4.76. The molecule has 2 aromatic carbocycles. The minimum Gasteiger partial charge on any atom is -0.386 e. The summed E-state index contributed by atoms with van der Waals surface area (Å²) in [6, 6.07) is 16.8. The highest BCUT2D eigenvalue weighted by Gasteiger charge is 2.35. The van der Waals surface area contributed by atoms with E-state index in [0.29, 0.717) is 30.4 Å². The number of sulfonamides is 1. The molecule has 2 saturated heterocycles. The molecule has 0 spiro atoms. The van der Waals surface area contributed by atoms with Gasteiger partial charge < -0.3 is 14.7 Å². The largest absolute Gasteiger partial charge is 0.386 e. The van der Waals surface area contributed by atoms with Gasteiger partial charge in [0.1, 0.15) is 0 Å². The van der Waals surface area contributed by atoms with Gasteiger partial charge in [0.2, 0.25) is 10.0 Å². The van der Waals surface area contributed by atoms with Crippen LogP contribution in [0.4, 0.5) is 5.69 Å². The predicted molar refractivity (Wildman–Crippen MR) is 126 cm³/mol. The third-order valence-corrected chi connectivity index (χ3v) is 8.56. The Kier molecular flexibility index (Phi) is 6.91. The molecule has 2 heterocycles. The number of benzene rings is 2. The third kappa shape index (κ3) is 5.17. The van der Waals surface area contributed by atoms with Crippen molar-refractivity contribution in [1.82, 2.24) is 4.31 Å². The standard InChI is InChI=1S/C25H34N2O4S/c1-25(2,28)21-8-10-22(11-9-21)27-15-14-26(32(29,30)24-6-4-3-5-7-24)19-23(27)18-20-12-16-31-17-13-20/h3-11,20,23,28H,12-19H2,1-2H3/t23-/m0/s1. The van der Waals surface area contributed by atoms with E-state index < -0.39 is 15.6 Å². The molecule has 4 rings (SSSR count). The van der Waals surface area contributed by atoms with Crippen LogP contribution in [0.25, 0.3) is 0 Å². The first-order valence-electron chi connectivity index (χ1n) is 11.5. The predicted octanol–water partition coefficient (Wildman–Crippen LogP) is 3.61. The second-order valence-corrected chi connectivity index (χ2v) is 11.4. The molecular weight excluding hydrogens is 424 g/mol. The molecule has 0 saturated carbocycles. The molecule has 32 heavy (non-hydrogen) atoms. The zero-order valence-electron chi connectivity index (χ0n) is 19.0. The lowest BCUT2D eigenvalue weighted by Crippen LogP contribution is -2.55. The molecule has 0 amide bonds. The van der Waals surface area contributed by atoms with Crippen LogP contribution in [0.1, 0.15) is 38.7 Å². The minimum atomic E-state index is -3.52. The van der Waals surface area contributed by atoms with Gasteiger partial charge in [0.15, 0.2) is 0 Å². The van der Waals surface area contributed by atoms with Gasteiger partial charge in [-0.05, 0) is 68.9 Å². The van der Waals surface area contributed by atoms with E-state index in [-0.39, 0.29) is 6.04 Å². The molecule has 0 unspecified atom stereocenters. The zero-order chi connectivity index (χ0) is 22.8. The number of aliphatic hydroxyl groups is 1. The van der Waals surface area contributed by atoms with Crippen molar-refractivity contribution in [2.75, 3.05) is 37.7 Å². The maximum absolute atomic E-state index is 13.3. The average Bonchev–Trinajstić information content (AvgIpc) is 2.80. The summed E-state index contributed by atoms with van der Waals surface area (Å²) in [6.45, 7) is 6.69. The number of rotatable bonds is 6. The normalized spacial score (nSPS) is 21.6. The lowest BCUT2D eigenvalue weighted by atomic mass is 9.90. The van der Waals surface area contributed by atoms with Crippen LogP contribution in [0.2, 0.25) is 0 Å². The first kappa shape index (κ1) is 23.2. The molecule has 0 aliphatic carbocycles. The molecule has 1 N–H and O–H groups in total. The van der Waals surface area contributed by atoms with E-state index in [2.05, 4.69) is 4.90 Å². The van der Waals surface area contributed by atoms with Gasteiger partial charge in [0.05, 0.1) is 10.5 Å². The number of ether oxygens (including phenoxy) is 1. The highest BCUT2D eigenvalue weighted by molar-refractivity contribution is 7.89. The second-order valence-electron chi connectivity index (χ2n) is 9.42. The summed E-state index contributed by atoms with van der Waals surface area (Å²) in [7, 11) is -3.52. The summed E-state index contributed by atoms with van der Waals surface area (Å²) in [5.41, 5.74) is 1.06. The van der Waals surface area contributed by atoms with Gasteiger partial charge in [-0.3, -0.25) is 0 Å². The Morgan fingerprint density at radius 2 is 1.66 bits per heavy atom. The number of piperazine rings is 1. The molecule has 6 nitrogen and oxygen atoms in total. The van der Waals surface area contributed by atoms with Crippen molar-refractivity contribution in [3.63, 3.8) is 0 Å². The Morgan fingerprint density at radius 1 is 1.00 bits per heavy atom. The summed E-state index contributed by atoms with van der Waals surface area (Å²) in [6.07, 6.45) is 2.98. The summed E-state index contributed by atoms with van der Waals surface area (Å²) in [5.74, 6) is 0.534. The van der Waals surface area contributed by atoms with Gasteiger partial charge in [0.25, 0.3) is 0 Å². The lowest BCUT2D eigenvalue weighted by molar-refractivity contribution is 0.0601. The van der Waals surface area contributed by atoms with Crippen molar-refractivity contribution in [3.05, 3.63) is 60.2 Å². The Morgan fingerprint density at radius 3 is 2.28 bits per heavy atom. The van der Waals surface area contributed by atoms with Crippen molar-refractivity contribution in [2.24, 2.45) is 5.92 Å². The molecule has 2 fully saturated rings. The summed E-state index contributed by atoms with van der Waals surface area (Å²) in [5, 5.41) is 10.3. The summed E-state index contributed by atoms with van der Waals surface area (Å²) < 4.78 is 33.7. The van der Waals surface area contributed by atoms with Gasteiger partial charge in [-0.25, -0.2) is 8.42 Å². The minimum absolute atomic E-state index is 0.0957. The van der Waals surface area contributed by atoms with Crippen LogP contribution in [0.15, 0.2) is 59.5 Å². The molecule has 174 valence electrons. The van der Waals surface area contributed by atoms with Crippen molar-refractivity contribution in [2.45, 2.75) is 49.6 Å². The van der Waals surface area contributed by atoms with Gasteiger partial charge in [0, 0.05) is 44.6 Å². The number of hydrogen-bond donors (Lipinski definition) is 1. The Bertz CT molecular complexity index is 981. The molecule has 0 aromatic heterocycles. The maximum atomic E-state index is 13.3. The molecule has 2 aliphatic heterocycles. The van der Waals surface area contributed by atoms with Gasteiger partial charge >= 0.3 is 0 Å². The van der Waals surface area contributed by atoms with Crippen molar-refractivity contribution < 1.29 is 18.3 Å². The molecule has 0 bridgehead atoms. The van der Waals surface area contributed by atoms with E-state index >= 15 is 0 Å². The van der Waals surface area contributed by atoms with E-state index in [1.54, 1.807) is 42.4 Å². The van der Waals surface area contributed by atoms with Crippen LogP contribution in [0.3, 0.4) is 0 Å². The molecule has 2 aliphatic rings. The second kappa shape index (κ2) is 9.51. The topological polar surface area (TPSA) is 70.1 Å². The van der Waals surface area contributed by atoms with E-state index in [1.165, 1.54) is 0 Å². The van der Waals surface area contributed by atoms with Crippen molar-refractivity contribution >= 4 is 15.7 Å². The van der Waals surface area contributed by atoms with Crippen LogP contribution >= 0.6 is 0 Å². The average molecular weight is 459 g/mol. The number of hydrogen-bond acceptors (Lipinski definition) is 5. The van der Waals surface area contributed by atoms with E-state index in [4.69, 9.17) is 4.74 Å². The smallest absolute Gasteiger partial charge is 0.243 e. The fraction of sp³-hybridized carbons (Fsp3) is 0.520. The van der Waals surface area contributed by atoms with Gasteiger partial charge in [-0.1, -0.05) is 30.3 Å². The molecule has 0 radical (unpaired) electrons. The van der Waals surface area contributed by atoms with E-state index in [9.17, 15) is 13.5 Å². The fourth-order valence-corrected chi connectivity index (χ4v) is 6.25. The SMILES string of the molecule is CC(C)(O)c1ccc(N2CCN(S(=O)(=O)c3ccccc3)C[C@@H]2CC2CCOCC2)cc1. The van der Waals surface area contributed by atoms with Crippen LogP contribution in [-0.4, -0.2) is 56.7 Å². The quantitative estimate of drug-likeness (QED) is 0.716. The third-order valence-electron chi connectivity index (χ3n) is 6.68. The number of anilines is 1. The highest BCUT2D eigenvalue weighted by atomic mass is 32.2. The Hall–Kier alpha value is -1.93. The van der Waals surface area contributed by atoms with Crippen LogP contribution in [-0.2, 0) is 20.4 Å². The van der Waals surface area contributed by atoms with Crippen LogP contribution in [0, 0.1) is 5.92 Å². The Balaban J connectivity index is 1.58. The van der Waals surface area contributed by atoms with Crippen molar-refractivity contribution in [3.8, 4) is 0 Å². The van der Waals surface area contributed by atoms with Gasteiger partial charge in [-0.2, -0.15) is 4.31 Å². The zero-order valence-corrected chi connectivity index (χ0v) is 19.8. The van der Waals surface area contributed by atoms with Crippen molar-refractivity contribution in [1.29, 1.82) is 0 Å². The summed E-state index contributed by atoms with van der Waals surface area (Å²) in [4.78, 5) is 2.70. The highest BCUT2D eigenvalue weighted by Crippen LogP contribution is 2.31. The van der Waals surface area contributed by atoms with E-state index in [0.717, 1.165) is 43.7 Å². The first-order chi connectivity index (χ1) is 15.2. The monoisotopic (exact) mass is 458 g/mol. The van der Waals surface area contributed by atoms with Crippen LogP contribution in [0.5, 0.6) is 0 Å².